The molecular formula is C45H29N5S. The van der Waals surface area contributed by atoms with Gasteiger partial charge >= 0.3 is 0 Å². The number of fused-ring (bicyclic) bond motifs is 9. The molecular weight excluding hydrogens is 643 g/mol. The lowest BCUT2D eigenvalue weighted by molar-refractivity contribution is 0.929. The summed E-state index contributed by atoms with van der Waals surface area (Å²) in [6, 6.07) is 53.3. The molecule has 0 radical (unpaired) electrons. The molecule has 9 aromatic rings. The van der Waals surface area contributed by atoms with Gasteiger partial charge in [0, 0.05) is 54.3 Å². The molecule has 0 bridgehead atoms. The van der Waals surface area contributed by atoms with Crippen LogP contribution in [0.1, 0.15) is 11.5 Å². The second kappa shape index (κ2) is 11.1. The second-order valence-corrected chi connectivity index (χ2v) is 14.4. The number of rotatable bonds is 4. The average molecular weight is 672 g/mol. The van der Waals surface area contributed by atoms with Crippen molar-refractivity contribution in [1.82, 2.24) is 24.1 Å². The fraction of sp³-hybridized carbons (Fsp3) is 0.0444. The predicted molar refractivity (Wildman–Crippen MR) is 209 cm³/mol. The number of aromatic nitrogens is 5. The van der Waals surface area contributed by atoms with Gasteiger partial charge in [0.25, 0.3) is 0 Å². The van der Waals surface area contributed by atoms with Crippen LogP contribution in [0, 0.1) is 0 Å². The quantitative estimate of drug-likeness (QED) is 0.187. The first-order valence-electron chi connectivity index (χ1n) is 17.3. The van der Waals surface area contributed by atoms with Gasteiger partial charge in [-0.25, -0.2) is 4.98 Å². The van der Waals surface area contributed by atoms with Crippen LogP contribution in [0.2, 0.25) is 0 Å². The van der Waals surface area contributed by atoms with E-state index in [0.29, 0.717) is 17.6 Å². The molecule has 0 saturated carbocycles. The number of hydrogen-bond acceptors (Lipinski definition) is 4. The Morgan fingerprint density at radius 3 is 1.76 bits per heavy atom. The van der Waals surface area contributed by atoms with Gasteiger partial charge in [-0.3, -0.25) is 4.57 Å². The van der Waals surface area contributed by atoms with Gasteiger partial charge in [0.1, 0.15) is 0 Å². The standard InChI is InChI=1S/C45H29N5S/c1-4-14-28(15-5-1)43-46-44(29-16-6-2-7-17-29)48-45(47-43)50-38-23-13-11-21-32(38)34-25-36-35-24-33-31-20-10-12-22-37(31)49(30-18-8-3-9-19-30)39(33)26-41(35)51-42(36)27-40(34)50/h1-27,35,41H. The van der Waals surface area contributed by atoms with Gasteiger partial charge in [0.15, 0.2) is 11.6 Å². The Morgan fingerprint density at radius 2 is 1.08 bits per heavy atom. The maximum absolute atomic E-state index is 5.14. The van der Waals surface area contributed by atoms with E-state index < -0.39 is 0 Å². The van der Waals surface area contributed by atoms with Crippen molar-refractivity contribution in [2.75, 3.05) is 0 Å². The van der Waals surface area contributed by atoms with Crippen LogP contribution >= 0.6 is 11.8 Å². The molecule has 240 valence electrons. The van der Waals surface area contributed by atoms with Crippen molar-refractivity contribution in [3.63, 3.8) is 0 Å². The highest BCUT2D eigenvalue weighted by molar-refractivity contribution is 8.00. The van der Waals surface area contributed by atoms with E-state index in [0.717, 1.165) is 22.2 Å². The van der Waals surface area contributed by atoms with Crippen molar-refractivity contribution in [3.05, 3.63) is 168 Å². The van der Waals surface area contributed by atoms with Crippen molar-refractivity contribution >= 4 is 56.6 Å². The van der Waals surface area contributed by atoms with E-state index in [1.54, 1.807) is 0 Å². The molecule has 0 N–H and O–H groups in total. The summed E-state index contributed by atoms with van der Waals surface area (Å²) in [4.78, 5) is 16.6. The summed E-state index contributed by atoms with van der Waals surface area (Å²) in [5, 5.41) is 6.57. The van der Waals surface area contributed by atoms with Crippen molar-refractivity contribution in [2.24, 2.45) is 0 Å². The lowest BCUT2D eigenvalue weighted by Crippen LogP contribution is -2.34. The van der Waals surface area contributed by atoms with Gasteiger partial charge in [-0.05, 0) is 48.0 Å². The summed E-state index contributed by atoms with van der Waals surface area (Å²) in [7, 11) is 0. The molecule has 6 heteroatoms. The zero-order valence-electron chi connectivity index (χ0n) is 27.4. The van der Waals surface area contributed by atoms with Gasteiger partial charge in [-0.1, -0.05) is 121 Å². The van der Waals surface area contributed by atoms with Crippen LogP contribution in [0.3, 0.4) is 0 Å². The predicted octanol–water partition coefficient (Wildman–Crippen LogP) is 9.08. The fourth-order valence-corrected chi connectivity index (χ4v) is 9.39. The molecule has 1 aliphatic heterocycles. The fourth-order valence-electron chi connectivity index (χ4n) is 8.02. The third kappa shape index (κ3) is 4.40. The van der Waals surface area contributed by atoms with E-state index in [2.05, 4.69) is 137 Å². The molecule has 6 aromatic carbocycles. The van der Waals surface area contributed by atoms with E-state index in [1.165, 1.54) is 48.4 Å². The molecule has 0 spiro atoms. The highest BCUT2D eigenvalue weighted by Crippen LogP contribution is 2.50. The van der Waals surface area contributed by atoms with Crippen LogP contribution in [0.15, 0.2) is 157 Å². The monoisotopic (exact) mass is 671 g/mol. The molecule has 2 aliphatic rings. The Morgan fingerprint density at radius 1 is 0.490 bits per heavy atom. The lowest BCUT2D eigenvalue weighted by Gasteiger charge is -2.16. The lowest BCUT2D eigenvalue weighted by atomic mass is 9.90. The van der Waals surface area contributed by atoms with E-state index >= 15 is 0 Å². The van der Waals surface area contributed by atoms with Gasteiger partial charge in [0.2, 0.25) is 5.95 Å². The minimum Gasteiger partial charge on any atom is -0.310 e. The maximum Gasteiger partial charge on any atom is 0.238 e. The number of thioether (sulfide) groups is 1. The van der Waals surface area contributed by atoms with E-state index in [-0.39, 0.29) is 11.2 Å². The summed E-state index contributed by atoms with van der Waals surface area (Å²) >= 11 is 1.96. The van der Waals surface area contributed by atoms with Gasteiger partial charge in [-0.15, -0.1) is 11.8 Å². The van der Waals surface area contributed by atoms with E-state index in [9.17, 15) is 0 Å². The minimum atomic E-state index is 0.269. The van der Waals surface area contributed by atoms with E-state index in [1.807, 2.05) is 48.2 Å². The Kier molecular flexibility index (Phi) is 6.24. The average Bonchev–Trinajstić information content (AvgIpc) is 3.83. The highest BCUT2D eigenvalue weighted by atomic mass is 32.2. The SMILES string of the molecule is C1=c2c(n(-c3ccccc3)c3ccccc23)=CC2Sc3cc4c(cc3C12)c1ccccc1n4-c1nc(-c2ccccc2)nc(-c2ccccc2)n1. The molecule has 0 saturated heterocycles. The van der Waals surface area contributed by atoms with Crippen LogP contribution < -0.4 is 10.6 Å². The summed E-state index contributed by atoms with van der Waals surface area (Å²) in [5.74, 6) is 2.19. The van der Waals surface area contributed by atoms with Gasteiger partial charge < -0.3 is 4.57 Å². The molecule has 3 aromatic heterocycles. The van der Waals surface area contributed by atoms with Crippen LogP contribution in [-0.2, 0) is 0 Å². The summed E-state index contributed by atoms with van der Waals surface area (Å²) < 4.78 is 4.65. The molecule has 5 nitrogen and oxygen atoms in total. The normalized spacial score (nSPS) is 16.1. The Hall–Kier alpha value is -6.24. The van der Waals surface area contributed by atoms with Gasteiger partial charge in [0.05, 0.1) is 21.9 Å². The molecule has 4 heterocycles. The molecule has 2 atom stereocenters. The van der Waals surface area contributed by atoms with E-state index in [4.69, 9.17) is 15.0 Å². The smallest absolute Gasteiger partial charge is 0.238 e. The Bertz CT molecular complexity index is 2890. The van der Waals surface area contributed by atoms with Crippen molar-refractivity contribution in [1.29, 1.82) is 0 Å². The van der Waals surface area contributed by atoms with Crippen LogP contribution in [0.5, 0.6) is 0 Å². The topological polar surface area (TPSA) is 48.5 Å². The molecule has 0 amide bonds. The van der Waals surface area contributed by atoms with Crippen LogP contribution in [0.25, 0.3) is 79.3 Å². The number of benzene rings is 6. The minimum absolute atomic E-state index is 0.269. The third-order valence-electron chi connectivity index (χ3n) is 10.3. The van der Waals surface area contributed by atoms with Crippen molar-refractivity contribution in [2.45, 2.75) is 16.1 Å². The molecule has 1 aliphatic carbocycles. The number of nitrogens with zero attached hydrogens (tertiary/aromatic N) is 5. The van der Waals surface area contributed by atoms with Crippen LogP contribution in [-0.4, -0.2) is 29.3 Å². The zero-order chi connectivity index (χ0) is 33.5. The first kappa shape index (κ1) is 28.6. The summed E-state index contributed by atoms with van der Waals surface area (Å²) in [5.41, 5.74) is 7.90. The third-order valence-corrected chi connectivity index (χ3v) is 11.6. The maximum atomic E-state index is 5.14. The zero-order valence-corrected chi connectivity index (χ0v) is 28.2. The van der Waals surface area contributed by atoms with Gasteiger partial charge in [-0.2, -0.15) is 9.97 Å². The summed E-state index contributed by atoms with van der Waals surface area (Å²) in [6.07, 6.45) is 5.02. The summed E-state index contributed by atoms with van der Waals surface area (Å²) in [6.45, 7) is 0. The highest BCUT2D eigenvalue weighted by Gasteiger charge is 2.34. The molecule has 51 heavy (non-hydrogen) atoms. The molecule has 11 rings (SSSR count). The molecule has 0 fully saturated rings. The number of hydrogen-bond donors (Lipinski definition) is 0. The first-order valence-corrected chi connectivity index (χ1v) is 18.2. The Labute approximate surface area is 297 Å². The van der Waals surface area contributed by atoms with Crippen LogP contribution in [0.4, 0.5) is 0 Å². The Balaban J connectivity index is 1.13. The first-order chi connectivity index (χ1) is 25.3. The largest absolute Gasteiger partial charge is 0.310 e. The molecule has 2 unspecified atom stereocenters. The number of para-hydroxylation sites is 3. The second-order valence-electron chi connectivity index (χ2n) is 13.2. The van der Waals surface area contributed by atoms with Crippen molar-refractivity contribution < 1.29 is 0 Å². The van der Waals surface area contributed by atoms with Crippen molar-refractivity contribution in [3.8, 4) is 34.4 Å².